The van der Waals surface area contributed by atoms with Crippen molar-refractivity contribution in [2.75, 3.05) is 19.6 Å². The number of Topliss-reactive ketones (excluding diaryl/α,β-unsaturated/α-hetero) is 1. The lowest BCUT2D eigenvalue weighted by atomic mass is 10.0. The van der Waals surface area contributed by atoms with E-state index in [1.165, 1.54) is 45.2 Å². The van der Waals surface area contributed by atoms with E-state index in [-0.39, 0.29) is 0 Å². The van der Waals surface area contributed by atoms with Crippen molar-refractivity contribution in [3.63, 3.8) is 0 Å². The Kier molecular flexibility index (Phi) is 5.43. The molecule has 0 radical (unpaired) electrons. The minimum atomic E-state index is 0.302. The second kappa shape index (κ2) is 7.08. The highest BCUT2D eigenvalue weighted by Gasteiger charge is 2.30. The summed E-state index contributed by atoms with van der Waals surface area (Å²) in [6, 6.07) is 0. The van der Waals surface area contributed by atoms with Gasteiger partial charge in [-0.25, -0.2) is 0 Å². The van der Waals surface area contributed by atoms with Crippen molar-refractivity contribution in [2.24, 2.45) is 5.92 Å². The van der Waals surface area contributed by atoms with Gasteiger partial charge in [-0.05, 0) is 50.8 Å². The molecule has 0 aromatic heterocycles. The summed E-state index contributed by atoms with van der Waals surface area (Å²) < 4.78 is 0. The van der Waals surface area contributed by atoms with E-state index in [4.69, 9.17) is 0 Å². The maximum absolute atomic E-state index is 12.3. The molecule has 1 aliphatic heterocycles. The van der Waals surface area contributed by atoms with Crippen molar-refractivity contribution in [1.82, 2.24) is 4.90 Å². The van der Waals surface area contributed by atoms with Crippen LogP contribution in [-0.4, -0.2) is 30.3 Å². The van der Waals surface area contributed by atoms with E-state index in [0.717, 1.165) is 31.4 Å². The van der Waals surface area contributed by atoms with Crippen molar-refractivity contribution in [1.29, 1.82) is 0 Å². The highest BCUT2D eigenvalue weighted by atomic mass is 16.1. The van der Waals surface area contributed by atoms with Crippen LogP contribution in [0.5, 0.6) is 0 Å². The Balaban J connectivity index is 1.80. The van der Waals surface area contributed by atoms with E-state index in [1.54, 1.807) is 0 Å². The number of hydrogen-bond donors (Lipinski definition) is 0. The predicted octanol–water partition coefficient (Wildman–Crippen LogP) is 3.57. The lowest BCUT2D eigenvalue weighted by Gasteiger charge is -2.28. The SMILES string of the molecule is CCCC/C=C1/CC[C@H](CN2CCCCC2)C1=O. The minimum absolute atomic E-state index is 0.302. The summed E-state index contributed by atoms with van der Waals surface area (Å²) in [5.74, 6) is 0.757. The lowest BCUT2D eigenvalue weighted by Crippen LogP contribution is -2.35. The first-order chi connectivity index (χ1) is 8.81. The third-order valence-electron chi connectivity index (χ3n) is 4.33. The van der Waals surface area contributed by atoms with Gasteiger partial charge in [0.2, 0.25) is 0 Å². The Bertz CT molecular complexity index is 302. The second-order valence-corrected chi connectivity index (χ2v) is 5.83. The summed E-state index contributed by atoms with van der Waals surface area (Å²) in [5, 5.41) is 0. The van der Waals surface area contributed by atoms with Crippen LogP contribution >= 0.6 is 0 Å². The molecule has 1 saturated heterocycles. The Labute approximate surface area is 111 Å². The molecule has 1 aliphatic carbocycles. The number of carbonyl (C=O) groups excluding carboxylic acids is 1. The van der Waals surface area contributed by atoms with Crippen molar-refractivity contribution < 1.29 is 4.79 Å². The number of likely N-dealkylation sites (tertiary alicyclic amines) is 1. The Morgan fingerprint density at radius 1 is 1.28 bits per heavy atom. The fraction of sp³-hybridized carbons (Fsp3) is 0.812. The molecule has 0 unspecified atom stereocenters. The maximum Gasteiger partial charge on any atom is 0.162 e. The van der Waals surface area contributed by atoms with E-state index in [0.29, 0.717) is 11.7 Å². The molecular weight excluding hydrogens is 222 g/mol. The van der Waals surface area contributed by atoms with Crippen LogP contribution < -0.4 is 0 Å². The van der Waals surface area contributed by atoms with Crippen molar-refractivity contribution >= 4 is 5.78 Å². The number of hydrogen-bond acceptors (Lipinski definition) is 2. The van der Waals surface area contributed by atoms with Gasteiger partial charge in [-0.1, -0.05) is 32.3 Å². The molecule has 0 bridgehead atoms. The first kappa shape index (κ1) is 13.8. The molecule has 2 nitrogen and oxygen atoms in total. The molecule has 0 aromatic carbocycles. The average Bonchev–Trinajstić information content (AvgIpc) is 2.73. The van der Waals surface area contributed by atoms with Gasteiger partial charge in [-0.2, -0.15) is 0 Å². The number of ketones is 1. The highest BCUT2D eigenvalue weighted by molar-refractivity contribution is 5.99. The van der Waals surface area contributed by atoms with Crippen LogP contribution in [0.25, 0.3) is 0 Å². The zero-order valence-electron chi connectivity index (χ0n) is 11.8. The van der Waals surface area contributed by atoms with Crippen LogP contribution in [0.2, 0.25) is 0 Å². The predicted molar refractivity (Wildman–Crippen MR) is 75.6 cm³/mol. The molecule has 2 aliphatic rings. The molecule has 2 rings (SSSR count). The molecule has 1 heterocycles. The summed E-state index contributed by atoms with van der Waals surface area (Å²) in [7, 11) is 0. The smallest absolute Gasteiger partial charge is 0.162 e. The number of allylic oxidation sites excluding steroid dienone is 2. The highest BCUT2D eigenvalue weighted by Crippen LogP contribution is 2.28. The summed E-state index contributed by atoms with van der Waals surface area (Å²) in [6.45, 7) is 5.63. The van der Waals surface area contributed by atoms with E-state index < -0.39 is 0 Å². The van der Waals surface area contributed by atoms with Gasteiger partial charge in [0, 0.05) is 12.5 Å². The Morgan fingerprint density at radius 2 is 2.06 bits per heavy atom. The molecule has 1 saturated carbocycles. The lowest BCUT2D eigenvalue weighted by molar-refractivity contribution is -0.118. The fourth-order valence-corrected chi connectivity index (χ4v) is 3.16. The van der Waals surface area contributed by atoms with Gasteiger partial charge in [0.1, 0.15) is 0 Å². The minimum Gasteiger partial charge on any atom is -0.303 e. The maximum atomic E-state index is 12.3. The molecular formula is C16H27NO. The first-order valence-corrected chi connectivity index (χ1v) is 7.77. The molecule has 0 amide bonds. The molecule has 2 fully saturated rings. The normalized spacial score (nSPS) is 28.2. The number of rotatable bonds is 5. The van der Waals surface area contributed by atoms with Crippen molar-refractivity contribution in [3.05, 3.63) is 11.6 Å². The fourth-order valence-electron chi connectivity index (χ4n) is 3.16. The zero-order chi connectivity index (χ0) is 12.8. The number of nitrogens with zero attached hydrogens (tertiary/aromatic N) is 1. The summed E-state index contributed by atoms with van der Waals surface area (Å²) in [4.78, 5) is 14.8. The van der Waals surface area contributed by atoms with E-state index in [1.807, 2.05) is 0 Å². The topological polar surface area (TPSA) is 20.3 Å². The molecule has 18 heavy (non-hydrogen) atoms. The van der Waals surface area contributed by atoms with Crippen LogP contribution in [0, 0.1) is 5.92 Å². The number of piperidine rings is 1. The standard InChI is InChI=1S/C16H27NO/c1-2-3-5-8-14-9-10-15(16(14)18)13-17-11-6-4-7-12-17/h8,15H,2-7,9-13H2,1H3/b14-8-/t15-/m1/s1. The van der Waals surface area contributed by atoms with Gasteiger partial charge in [0.05, 0.1) is 0 Å². The van der Waals surface area contributed by atoms with Crippen molar-refractivity contribution in [3.8, 4) is 0 Å². The van der Waals surface area contributed by atoms with Crippen LogP contribution in [-0.2, 0) is 4.79 Å². The summed E-state index contributed by atoms with van der Waals surface area (Å²) in [5.41, 5.74) is 1.13. The molecule has 0 N–H and O–H groups in total. The molecule has 1 atom stereocenters. The number of unbranched alkanes of at least 4 members (excludes halogenated alkanes) is 2. The van der Waals surface area contributed by atoms with Gasteiger partial charge in [0.15, 0.2) is 5.78 Å². The van der Waals surface area contributed by atoms with Gasteiger partial charge >= 0.3 is 0 Å². The quantitative estimate of drug-likeness (QED) is 0.548. The molecule has 102 valence electrons. The number of carbonyl (C=O) groups is 1. The molecule has 2 heteroatoms. The van der Waals surface area contributed by atoms with Gasteiger partial charge in [0.25, 0.3) is 0 Å². The van der Waals surface area contributed by atoms with Crippen LogP contribution in [0.3, 0.4) is 0 Å². The van der Waals surface area contributed by atoms with Crippen LogP contribution in [0.15, 0.2) is 11.6 Å². The summed E-state index contributed by atoms with van der Waals surface area (Å²) in [6.07, 6.45) is 11.9. The van der Waals surface area contributed by atoms with Crippen LogP contribution in [0.4, 0.5) is 0 Å². The van der Waals surface area contributed by atoms with Crippen molar-refractivity contribution in [2.45, 2.75) is 58.3 Å². The third kappa shape index (κ3) is 3.68. The Hall–Kier alpha value is -0.630. The largest absolute Gasteiger partial charge is 0.303 e. The van der Waals surface area contributed by atoms with Crippen LogP contribution in [0.1, 0.15) is 58.3 Å². The average molecular weight is 249 g/mol. The monoisotopic (exact) mass is 249 g/mol. The molecule has 0 spiro atoms. The second-order valence-electron chi connectivity index (χ2n) is 5.83. The Morgan fingerprint density at radius 3 is 2.78 bits per heavy atom. The van der Waals surface area contributed by atoms with E-state index in [9.17, 15) is 4.79 Å². The summed E-state index contributed by atoms with van der Waals surface area (Å²) >= 11 is 0. The van der Waals surface area contributed by atoms with E-state index >= 15 is 0 Å². The van der Waals surface area contributed by atoms with Gasteiger partial charge < -0.3 is 4.90 Å². The van der Waals surface area contributed by atoms with Gasteiger partial charge in [-0.15, -0.1) is 0 Å². The van der Waals surface area contributed by atoms with E-state index in [2.05, 4.69) is 17.9 Å². The van der Waals surface area contributed by atoms with Gasteiger partial charge in [-0.3, -0.25) is 4.79 Å². The first-order valence-electron chi connectivity index (χ1n) is 7.77. The third-order valence-corrected chi connectivity index (χ3v) is 4.33. The molecule has 0 aromatic rings. The zero-order valence-corrected chi connectivity index (χ0v) is 11.8.